The van der Waals surface area contributed by atoms with Crippen molar-refractivity contribution in [3.05, 3.63) is 35.4 Å². The van der Waals surface area contributed by atoms with Gasteiger partial charge in [-0.1, -0.05) is 45.0 Å². The molecule has 0 amide bonds. The van der Waals surface area contributed by atoms with E-state index in [1.807, 2.05) is 4.90 Å². The van der Waals surface area contributed by atoms with Crippen molar-refractivity contribution in [1.82, 2.24) is 14.7 Å². The Morgan fingerprint density at radius 3 is 1.91 bits per heavy atom. The van der Waals surface area contributed by atoms with Crippen LogP contribution >= 0.6 is 0 Å². The lowest BCUT2D eigenvalue weighted by Crippen LogP contribution is -2.52. The van der Waals surface area contributed by atoms with Crippen molar-refractivity contribution in [2.75, 3.05) is 52.4 Å². The standard InChI is InChI=1S/C24H37N3O6/c1-24(2,3)19-7-5-18(6-8-19)13-20-14-26(16-22(30)31)12-11-25(15-21(28)29)9-4-10-27(20)17-23(32)33/h5-8,20H,4,9-17H2,1-3H3,(H,28,29)(H,30,31)(H,32,33). The van der Waals surface area contributed by atoms with E-state index in [1.54, 1.807) is 9.80 Å². The van der Waals surface area contributed by atoms with E-state index >= 15 is 0 Å². The summed E-state index contributed by atoms with van der Waals surface area (Å²) in [6, 6.07) is 8.14. The van der Waals surface area contributed by atoms with Gasteiger partial charge in [0.2, 0.25) is 0 Å². The minimum Gasteiger partial charge on any atom is -0.480 e. The fraction of sp³-hybridized carbons (Fsp3) is 0.625. The molecule has 0 aromatic heterocycles. The zero-order valence-corrected chi connectivity index (χ0v) is 19.9. The number of benzene rings is 1. The van der Waals surface area contributed by atoms with E-state index in [0.717, 1.165) is 5.56 Å². The number of aliphatic carboxylic acids is 3. The van der Waals surface area contributed by atoms with Crippen molar-refractivity contribution in [2.45, 2.75) is 45.1 Å². The average Bonchev–Trinajstić information content (AvgIpc) is 2.68. The van der Waals surface area contributed by atoms with Gasteiger partial charge in [0.15, 0.2) is 0 Å². The first-order valence-electron chi connectivity index (χ1n) is 11.4. The van der Waals surface area contributed by atoms with E-state index < -0.39 is 17.9 Å². The molecule has 0 radical (unpaired) electrons. The minimum atomic E-state index is -0.963. The minimum absolute atomic E-state index is 0.0321. The van der Waals surface area contributed by atoms with Crippen LogP contribution in [0, 0.1) is 0 Å². The topological polar surface area (TPSA) is 122 Å². The zero-order valence-electron chi connectivity index (χ0n) is 19.9. The van der Waals surface area contributed by atoms with E-state index in [9.17, 15) is 29.7 Å². The molecular weight excluding hydrogens is 426 g/mol. The summed E-state index contributed by atoms with van der Waals surface area (Å²) in [6.45, 7) is 8.24. The van der Waals surface area contributed by atoms with Gasteiger partial charge < -0.3 is 15.3 Å². The van der Waals surface area contributed by atoms with Crippen LogP contribution in [0.5, 0.6) is 0 Å². The van der Waals surface area contributed by atoms with Crippen LogP contribution in [-0.2, 0) is 26.2 Å². The molecule has 1 aromatic carbocycles. The Bertz CT molecular complexity index is 805. The molecule has 1 heterocycles. The number of carbonyl (C=O) groups is 3. The van der Waals surface area contributed by atoms with E-state index in [1.165, 1.54) is 5.56 Å². The highest BCUT2D eigenvalue weighted by Gasteiger charge is 2.27. The van der Waals surface area contributed by atoms with Crippen molar-refractivity contribution in [2.24, 2.45) is 0 Å². The van der Waals surface area contributed by atoms with E-state index in [-0.39, 0.29) is 31.1 Å². The van der Waals surface area contributed by atoms with Crippen molar-refractivity contribution >= 4 is 17.9 Å². The van der Waals surface area contributed by atoms with Gasteiger partial charge in [0.25, 0.3) is 0 Å². The van der Waals surface area contributed by atoms with Crippen LogP contribution in [0.15, 0.2) is 24.3 Å². The number of hydrogen-bond donors (Lipinski definition) is 3. The number of carboxylic acid groups (broad SMARTS) is 3. The van der Waals surface area contributed by atoms with Crippen LogP contribution in [-0.4, -0.2) is 106 Å². The summed E-state index contributed by atoms with van der Waals surface area (Å²) in [5.41, 5.74) is 2.32. The first-order chi connectivity index (χ1) is 15.4. The maximum Gasteiger partial charge on any atom is 0.317 e. The van der Waals surface area contributed by atoms with E-state index in [0.29, 0.717) is 45.6 Å². The second-order valence-electron chi connectivity index (χ2n) is 9.82. The molecule has 1 fully saturated rings. The monoisotopic (exact) mass is 463 g/mol. The number of nitrogens with zero attached hydrogens (tertiary/aromatic N) is 3. The maximum absolute atomic E-state index is 11.6. The smallest absolute Gasteiger partial charge is 0.317 e. The van der Waals surface area contributed by atoms with Gasteiger partial charge in [-0.2, -0.15) is 0 Å². The van der Waals surface area contributed by atoms with Gasteiger partial charge in [-0.25, -0.2) is 0 Å². The Kier molecular flexibility index (Phi) is 9.82. The van der Waals surface area contributed by atoms with Crippen molar-refractivity contribution in [3.8, 4) is 0 Å². The second kappa shape index (κ2) is 12.1. The van der Waals surface area contributed by atoms with Gasteiger partial charge in [0, 0.05) is 38.8 Å². The molecule has 9 heteroatoms. The Hall–Kier alpha value is -2.49. The van der Waals surface area contributed by atoms with Gasteiger partial charge in [0.1, 0.15) is 0 Å². The van der Waals surface area contributed by atoms with E-state index in [2.05, 4.69) is 45.0 Å². The number of carboxylic acids is 3. The predicted molar refractivity (Wildman–Crippen MR) is 125 cm³/mol. The third kappa shape index (κ3) is 9.49. The Morgan fingerprint density at radius 2 is 1.36 bits per heavy atom. The van der Waals surface area contributed by atoms with Crippen LogP contribution in [0.3, 0.4) is 0 Å². The second-order valence-corrected chi connectivity index (χ2v) is 9.82. The van der Waals surface area contributed by atoms with Crippen molar-refractivity contribution in [3.63, 3.8) is 0 Å². The molecule has 1 aromatic rings. The van der Waals surface area contributed by atoms with Crippen molar-refractivity contribution in [1.29, 1.82) is 0 Å². The summed E-state index contributed by atoms with van der Waals surface area (Å²) < 4.78 is 0. The lowest BCUT2D eigenvalue weighted by molar-refractivity contribution is -0.141. The zero-order chi connectivity index (χ0) is 24.6. The molecule has 1 aliphatic heterocycles. The Morgan fingerprint density at radius 1 is 0.818 bits per heavy atom. The van der Waals surface area contributed by atoms with Crippen LogP contribution < -0.4 is 0 Å². The molecular formula is C24H37N3O6. The highest BCUT2D eigenvalue weighted by atomic mass is 16.4. The molecule has 9 nitrogen and oxygen atoms in total. The third-order valence-electron chi connectivity index (χ3n) is 5.98. The molecule has 0 spiro atoms. The van der Waals surface area contributed by atoms with Crippen LogP contribution in [0.2, 0.25) is 0 Å². The van der Waals surface area contributed by atoms with Gasteiger partial charge in [-0.05, 0) is 29.4 Å². The van der Waals surface area contributed by atoms with Gasteiger partial charge in [-0.15, -0.1) is 0 Å². The maximum atomic E-state index is 11.6. The Labute approximate surface area is 195 Å². The van der Waals surface area contributed by atoms with Crippen LogP contribution in [0.1, 0.15) is 38.3 Å². The Balaban J connectivity index is 2.27. The normalized spacial score (nSPS) is 19.8. The molecule has 2 rings (SSSR count). The molecule has 3 N–H and O–H groups in total. The first-order valence-corrected chi connectivity index (χ1v) is 11.4. The fourth-order valence-corrected chi connectivity index (χ4v) is 4.25. The largest absolute Gasteiger partial charge is 0.480 e. The molecule has 0 bridgehead atoms. The highest BCUT2D eigenvalue weighted by Crippen LogP contribution is 2.23. The lowest BCUT2D eigenvalue weighted by Gasteiger charge is -2.37. The molecule has 1 unspecified atom stereocenters. The quantitative estimate of drug-likeness (QED) is 0.526. The lowest BCUT2D eigenvalue weighted by atomic mass is 9.86. The predicted octanol–water partition coefficient (Wildman–Crippen LogP) is 1.46. The molecule has 1 saturated heterocycles. The average molecular weight is 464 g/mol. The summed E-state index contributed by atoms with van der Waals surface area (Å²) in [7, 11) is 0. The molecule has 1 aliphatic rings. The number of rotatable bonds is 8. The first kappa shape index (κ1) is 26.8. The van der Waals surface area contributed by atoms with Gasteiger partial charge >= 0.3 is 17.9 Å². The van der Waals surface area contributed by atoms with Gasteiger partial charge in [-0.3, -0.25) is 29.1 Å². The third-order valence-corrected chi connectivity index (χ3v) is 5.98. The fourth-order valence-electron chi connectivity index (χ4n) is 4.25. The molecule has 33 heavy (non-hydrogen) atoms. The number of hydrogen-bond acceptors (Lipinski definition) is 6. The summed E-state index contributed by atoms with van der Waals surface area (Å²) in [4.78, 5) is 39.7. The molecule has 184 valence electrons. The summed E-state index contributed by atoms with van der Waals surface area (Å²) >= 11 is 0. The molecule has 1 atom stereocenters. The SMILES string of the molecule is CC(C)(C)c1ccc(CC2CN(CC(=O)O)CCN(CC(=O)O)CCCN2CC(=O)O)cc1. The molecule has 0 saturated carbocycles. The summed E-state index contributed by atoms with van der Waals surface area (Å²) in [6.07, 6.45) is 1.24. The van der Waals surface area contributed by atoms with Gasteiger partial charge in [0.05, 0.1) is 19.6 Å². The van der Waals surface area contributed by atoms with Crippen molar-refractivity contribution < 1.29 is 29.7 Å². The van der Waals surface area contributed by atoms with Crippen LogP contribution in [0.4, 0.5) is 0 Å². The highest BCUT2D eigenvalue weighted by molar-refractivity contribution is 5.70. The molecule has 0 aliphatic carbocycles. The summed E-state index contributed by atoms with van der Waals surface area (Å²) in [5.74, 6) is -2.84. The summed E-state index contributed by atoms with van der Waals surface area (Å²) in [5, 5.41) is 28.1. The van der Waals surface area contributed by atoms with Crippen LogP contribution in [0.25, 0.3) is 0 Å². The van der Waals surface area contributed by atoms with E-state index in [4.69, 9.17) is 0 Å².